The molecule has 0 unspecified atom stereocenters. The van der Waals surface area contributed by atoms with Crippen LogP contribution in [-0.4, -0.2) is 62.3 Å². The molecule has 37 heavy (non-hydrogen) atoms. The number of hydrogen-bond donors (Lipinski definition) is 0. The fourth-order valence-electron chi connectivity index (χ4n) is 4.84. The Morgan fingerprint density at radius 2 is 1.73 bits per heavy atom. The van der Waals surface area contributed by atoms with Crippen molar-refractivity contribution in [2.75, 3.05) is 51.4 Å². The molecule has 0 spiro atoms. The second kappa shape index (κ2) is 11.1. The number of carbonyl (C=O) groups excluding carboxylic acids is 1. The van der Waals surface area contributed by atoms with E-state index >= 15 is 0 Å². The molecule has 1 amide bonds. The van der Waals surface area contributed by atoms with Crippen LogP contribution in [-0.2, 0) is 9.53 Å². The summed E-state index contributed by atoms with van der Waals surface area (Å²) in [4.78, 5) is 23.5. The van der Waals surface area contributed by atoms with E-state index in [4.69, 9.17) is 19.2 Å². The molecule has 0 saturated carbocycles. The van der Waals surface area contributed by atoms with Gasteiger partial charge in [-0.05, 0) is 24.3 Å². The van der Waals surface area contributed by atoms with Gasteiger partial charge in [-0.2, -0.15) is 0 Å². The summed E-state index contributed by atoms with van der Waals surface area (Å²) in [5, 5.41) is 0.693. The normalized spacial score (nSPS) is 15.3. The first-order chi connectivity index (χ1) is 17.7. The highest BCUT2D eigenvalue weighted by atomic mass is 35.5. The van der Waals surface area contributed by atoms with Gasteiger partial charge in [-0.25, -0.2) is 4.98 Å². The van der Waals surface area contributed by atoms with Crippen LogP contribution >= 0.6 is 23.7 Å². The molecule has 0 aliphatic carbocycles. The molecule has 9 heteroatoms. The molecule has 1 saturated heterocycles. The largest absolute Gasteiger partial charge is 0.497 e. The van der Waals surface area contributed by atoms with E-state index in [0.29, 0.717) is 11.7 Å². The number of rotatable bonds is 6. The first-order valence-electron chi connectivity index (χ1n) is 12.1. The lowest BCUT2D eigenvalue weighted by Crippen LogP contribution is -2.44. The summed E-state index contributed by atoms with van der Waals surface area (Å²) in [7, 11) is 1.65. The van der Waals surface area contributed by atoms with Crippen LogP contribution in [0.5, 0.6) is 17.2 Å². The Hall–Kier alpha value is -3.17. The molecular formula is C28H28ClN3O4S. The number of thiazole rings is 1. The standard InChI is InChI=1S/C28H27N3O4S.ClH/c1-33-19-10-11-25-22(18-19)29-28(36-25)31(13-12-30-14-16-34-17-15-30)27(32)26-20-6-2-4-8-23(20)35-24-9-5-3-7-21(24)26;/h2-11,18,26H,12-17H2,1H3;1H. The van der Waals surface area contributed by atoms with Crippen LogP contribution in [0, 0.1) is 0 Å². The molecular weight excluding hydrogens is 510 g/mol. The van der Waals surface area contributed by atoms with E-state index in [1.807, 2.05) is 71.6 Å². The number of hydrogen-bond acceptors (Lipinski definition) is 7. The van der Waals surface area contributed by atoms with E-state index in [0.717, 1.165) is 71.4 Å². The summed E-state index contributed by atoms with van der Waals surface area (Å²) in [6.07, 6.45) is 0. The molecule has 3 aromatic carbocycles. The Balaban J connectivity index is 0.00000280. The average Bonchev–Trinajstić information content (AvgIpc) is 3.35. The molecule has 0 atom stereocenters. The van der Waals surface area contributed by atoms with Gasteiger partial charge < -0.3 is 14.2 Å². The van der Waals surface area contributed by atoms with Crippen LogP contribution < -0.4 is 14.4 Å². The first-order valence-corrected chi connectivity index (χ1v) is 12.9. The van der Waals surface area contributed by atoms with E-state index in [1.165, 1.54) is 11.3 Å². The van der Waals surface area contributed by atoms with Gasteiger partial charge in [0.05, 0.1) is 36.5 Å². The third-order valence-corrected chi connectivity index (χ3v) is 7.81. The molecule has 6 rings (SSSR count). The van der Waals surface area contributed by atoms with E-state index in [2.05, 4.69) is 4.90 Å². The maximum absolute atomic E-state index is 14.5. The van der Waals surface area contributed by atoms with Crippen molar-refractivity contribution in [3.05, 3.63) is 77.9 Å². The van der Waals surface area contributed by atoms with E-state index in [9.17, 15) is 4.79 Å². The minimum Gasteiger partial charge on any atom is -0.497 e. The Kier molecular flexibility index (Phi) is 7.62. The summed E-state index contributed by atoms with van der Waals surface area (Å²) < 4.78 is 18.1. The predicted octanol–water partition coefficient (Wildman–Crippen LogP) is 5.33. The van der Waals surface area contributed by atoms with Crippen molar-refractivity contribution in [3.63, 3.8) is 0 Å². The summed E-state index contributed by atoms with van der Waals surface area (Å²) in [6, 6.07) is 21.4. The molecule has 192 valence electrons. The molecule has 1 fully saturated rings. The van der Waals surface area contributed by atoms with Crippen LogP contribution in [0.25, 0.3) is 10.2 Å². The molecule has 0 N–H and O–H groups in total. The minimum absolute atomic E-state index is 0. The van der Waals surface area contributed by atoms with Crippen molar-refractivity contribution in [2.24, 2.45) is 0 Å². The highest BCUT2D eigenvalue weighted by molar-refractivity contribution is 7.22. The number of fused-ring (bicyclic) bond motifs is 3. The number of amides is 1. The molecule has 0 radical (unpaired) electrons. The third kappa shape index (κ3) is 5.02. The average molecular weight is 538 g/mol. The number of benzene rings is 3. The van der Waals surface area contributed by atoms with Crippen molar-refractivity contribution < 1.29 is 19.0 Å². The van der Waals surface area contributed by atoms with Gasteiger partial charge >= 0.3 is 0 Å². The topological polar surface area (TPSA) is 64.1 Å². The van der Waals surface area contributed by atoms with Crippen molar-refractivity contribution in [1.29, 1.82) is 0 Å². The van der Waals surface area contributed by atoms with Crippen LogP contribution in [0.3, 0.4) is 0 Å². The molecule has 7 nitrogen and oxygen atoms in total. The maximum Gasteiger partial charge on any atom is 0.241 e. The van der Waals surface area contributed by atoms with Crippen LogP contribution in [0.15, 0.2) is 66.7 Å². The van der Waals surface area contributed by atoms with Crippen molar-refractivity contribution in [1.82, 2.24) is 9.88 Å². The van der Waals surface area contributed by atoms with Crippen molar-refractivity contribution in [2.45, 2.75) is 5.92 Å². The highest BCUT2D eigenvalue weighted by Gasteiger charge is 2.36. The molecule has 2 aliphatic rings. The Morgan fingerprint density at radius 1 is 1.05 bits per heavy atom. The smallest absolute Gasteiger partial charge is 0.241 e. The fraction of sp³-hybridized carbons (Fsp3) is 0.286. The number of para-hydroxylation sites is 2. The van der Waals surface area contributed by atoms with E-state index in [1.54, 1.807) is 7.11 Å². The molecule has 1 aromatic heterocycles. The van der Waals surface area contributed by atoms with Gasteiger partial charge in [-0.15, -0.1) is 12.4 Å². The maximum atomic E-state index is 14.5. The monoisotopic (exact) mass is 537 g/mol. The molecule has 4 aromatic rings. The zero-order valence-corrected chi connectivity index (χ0v) is 22.1. The van der Waals surface area contributed by atoms with Crippen LogP contribution in [0.2, 0.25) is 0 Å². The molecule has 0 bridgehead atoms. The number of anilines is 1. The highest BCUT2D eigenvalue weighted by Crippen LogP contribution is 2.45. The number of methoxy groups -OCH3 is 1. The van der Waals surface area contributed by atoms with Gasteiger partial charge in [0.1, 0.15) is 17.2 Å². The lowest BCUT2D eigenvalue weighted by molar-refractivity contribution is -0.119. The Labute approximate surface area is 226 Å². The van der Waals surface area contributed by atoms with E-state index in [-0.39, 0.29) is 18.3 Å². The Morgan fingerprint density at radius 3 is 2.41 bits per heavy atom. The van der Waals surface area contributed by atoms with Gasteiger partial charge in [0.2, 0.25) is 5.91 Å². The lowest BCUT2D eigenvalue weighted by Gasteiger charge is -2.33. The second-order valence-electron chi connectivity index (χ2n) is 8.88. The lowest BCUT2D eigenvalue weighted by atomic mass is 9.87. The van der Waals surface area contributed by atoms with Crippen molar-refractivity contribution >= 4 is 45.0 Å². The summed E-state index contributed by atoms with van der Waals surface area (Å²) in [6.45, 7) is 4.45. The second-order valence-corrected chi connectivity index (χ2v) is 9.89. The predicted molar refractivity (Wildman–Crippen MR) is 148 cm³/mol. The van der Waals surface area contributed by atoms with Crippen molar-refractivity contribution in [3.8, 4) is 17.2 Å². The van der Waals surface area contributed by atoms with Gasteiger partial charge in [0.15, 0.2) is 5.13 Å². The number of ether oxygens (including phenoxy) is 3. The zero-order chi connectivity index (χ0) is 24.5. The zero-order valence-electron chi connectivity index (χ0n) is 20.5. The first kappa shape index (κ1) is 25.5. The molecule has 3 heterocycles. The number of halogens is 1. The van der Waals surface area contributed by atoms with E-state index < -0.39 is 5.92 Å². The number of nitrogens with zero attached hydrogens (tertiary/aromatic N) is 3. The minimum atomic E-state index is -0.475. The summed E-state index contributed by atoms with van der Waals surface area (Å²) >= 11 is 1.53. The van der Waals surface area contributed by atoms with Crippen LogP contribution in [0.1, 0.15) is 17.0 Å². The Bertz CT molecular complexity index is 1360. The van der Waals surface area contributed by atoms with Gasteiger partial charge in [0.25, 0.3) is 0 Å². The number of aromatic nitrogens is 1. The quantitative estimate of drug-likeness (QED) is 0.331. The van der Waals surface area contributed by atoms with Gasteiger partial charge in [0, 0.05) is 43.4 Å². The third-order valence-electron chi connectivity index (χ3n) is 6.75. The van der Waals surface area contributed by atoms with Gasteiger partial charge in [-0.1, -0.05) is 47.7 Å². The van der Waals surface area contributed by atoms with Gasteiger partial charge in [-0.3, -0.25) is 14.6 Å². The summed E-state index contributed by atoms with van der Waals surface area (Å²) in [5.41, 5.74) is 2.58. The van der Waals surface area contributed by atoms with Crippen LogP contribution in [0.4, 0.5) is 5.13 Å². The SMILES string of the molecule is COc1ccc2sc(N(CCN3CCOCC3)C(=O)C3c4ccccc4Oc4ccccc43)nc2c1.Cl. The number of carbonyl (C=O) groups is 1. The summed E-state index contributed by atoms with van der Waals surface area (Å²) in [5.74, 6) is 1.71. The fourth-order valence-corrected chi connectivity index (χ4v) is 5.81. The number of morpholine rings is 1. The molecule has 2 aliphatic heterocycles.